The number of piperidine rings is 1. The van der Waals surface area contributed by atoms with Gasteiger partial charge in [0.1, 0.15) is 0 Å². The summed E-state index contributed by atoms with van der Waals surface area (Å²) >= 11 is 0. The summed E-state index contributed by atoms with van der Waals surface area (Å²) in [6.45, 7) is -0.0174. The maximum absolute atomic E-state index is 13.0. The quantitative estimate of drug-likeness (QED) is 0.878. The van der Waals surface area contributed by atoms with Crippen molar-refractivity contribution in [1.82, 2.24) is 9.80 Å². The lowest BCUT2D eigenvalue weighted by atomic mass is 9.98. The summed E-state index contributed by atoms with van der Waals surface area (Å²) in [5.41, 5.74) is -1.59. The fourth-order valence-electron chi connectivity index (χ4n) is 2.90. The van der Waals surface area contributed by atoms with Gasteiger partial charge in [0.15, 0.2) is 0 Å². The van der Waals surface area contributed by atoms with Crippen LogP contribution in [0.4, 0.5) is 13.2 Å². The van der Waals surface area contributed by atoms with Crippen molar-refractivity contribution < 1.29 is 32.7 Å². The van der Waals surface area contributed by atoms with Gasteiger partial charge in [0, 0.05) is 20.1 Å². The number of hydrogen-bond acceptors (Lipinski definition) is 3. The van der Waals surface area contributed by atoms with E-state index >= 15 is 0 Å². The molecule has 142 valence electrons. The number of carboxylic acids is 1. The number of carbonyl (C=O) groups excluding carboxylic acids is 2. The van der Waals surface area contributed by atoms with E-state index in [1.54, 1.807) is 0 Å². The summed E-state index contributed by atoms with van der Waals surface area (Å²) in [7, 11) is 1.24. The number of carboxylic acid groups (broad SMARTS) is 1. The molecule has 1 aromatic carbocycles. The van der Waals surface area contributed by atoms with E-state index in [-0.39, 0.29) is 6.54 Å². The van der Waals surface area contributed by atoms with Crippen molar-refractivity contribution in [2.75, 3.05) is 26.7 Å². The molecule has 1 fully saturated rings. The summed E-state index contributed by atoms with van der Waals surface area (Å²) < 4.78 is 39.1. The van der Waals surface area contributed by atoms with Crippen LogP contribution < -0.4 is 0 Å². The molecule has 1 saturated heterocycles. The van der Waals surface area contributed by atoms with Crippen LogP contribution in [0.1, 0.15) is 28.8 Å². The SMILES string of the molecule is CN(CC(=O)N1CCCC(C(=O)O)C1)C(=O)c1ccccc1C(F)(F)F. The van der Waals surface area contributed by atoms with Crippen LogP contribution in [0.15, 0.2) is 24.3 Å². The molecule has 0 spiro atoms. The standard InChI is InChI=1S/C17H19F3N2O4/c1-21(10-14(23)22-8-4-5-11(9-22)16(25)26)15(24)12-6-2-3-7-13(12)17(18,19)20/h2-3,6-7,11H,4-5,8-10H2,1H3,(H,25,26). The Kier molecular flexibility index (Phi) is 5.89. The Morgan fingerprint density at radius 3 is 2.54 bits per heavy atom. The van der Waals surface area contributed by atoms with Crippen LogP contribution in [-0.4, -0.2) is 59.4 Å². The number of likely N-dealkylation sites (tertiary alicyclic amines) is 1. The van der Waals surface area contributed by atoms with Crippen molar-refractivity contribution in [3.63, 3.8) is 0 Å². The Morgan fingerprint density at radius 1 is 1.27 bits per heavy atom. The first kappa shape index (κ1) is 19.7. The minimum absolute atomic E-state index is 0.0370. The molecule has 0 aliphatic carbocycles. The number of aliphatic carboxylic acids is 1. The lowest BCUT2D eigenvalue weighted by molar-refractivity contribution is -0.145. The molecule has 1 aliphatic heterocycles. The fourth-order valence-corrected chi connectivity index (χ4v) is 2.90. The Balaban J connectivity index is 2.08. The molecule has 0 radical (unpaired) electrons. The monoisotopic (exact) mass is 372 g/mol. The van der Waals surface area contributed by atoms with E-state index in [1.165, 1.54) is 24.1 Å². The molecule has 1 aromatic rings. The molecule has 1 heterocycles. The summed E-state index contributed by atoms with van der Waals surface area (Å²) in [4.78, 5) is 38.0. The van der Waals surface area contributed by atoms with Crippen LogP contribution in [-0.2, 0) is 15.8 Å². The van der Waals surface area contributed by atoms with E-state index in [0.29, 0.717) is 19.4 Å². The highest BCUT2D eigenvalue weighted by Gasteiger charge is 2.36. The highest BCUT2D eigenvalue weighted by molar-refractivity contribution is 5.97. The number of alkyl halides is 3. The van der Waals surface area contributed by atoms with Crippen molar-refractivity contribution in [1.29, 1.82) is 0 Å². The number of likely N-dealkylation sites (N-methyl/N-ethyl adjacent to an activating group) is 1. The third kappa shape index (κ3) is 4.53. The van der Waals surface area contributed by atoms with Crippen LogP contribution in [0.25, 0.3) is 0 Å². The Labute approximate surface area is 148 Å². The second kappa shape index (κ2) is 7.76. The number of nitrogens with zero attached hydrogens (tertiary/aromatic N) is 2. The smallest absolute Gasteiger partial charge is 0.417 e. The van der Waals surface area contributed by atoms with Crippen LogP contribution in [0.3, 0.4) is 0 Å². The maximum atomic E-state index is 13.0. The van der Waals surface area contributed by atoms with Crippen molar-refractivity contribution in [2.24, 2.45) is 5.92 Å². The summed E-state index contributed by atoms with van der Waals surface area (Å²) in [6.07, 6.45) is -3.69. The molecule has 26 heavy (non-hydrogen) atoms. The fraction of sp³-hybridized carbons (Fsp3) is 0.471. The van der Waals surface area contributed by atoms with Gasteiger partial charge in [0.2, 0.25) is 5.91 Å². The summed E-state index contributed by atoms with van der Waals surface area (Å²) in [6, 6.07) is 4.38. The van der Waals surface area contributed by atoms with Crippen molar-refractivity contribution >= 4 is 17.8 Å². The van der Waals surface area contributed by atoms with E-state index < -0.39 is 47.5 Å². The van der Waals surface area contributed by atoms with E-state index in [2.05, 4.69) is 0 Å². The molecule has 1 unspecified atom stereocenters. The zero-order chi connectivity index (χ0) is 19.5. The number of hydrogen-bond donors (Lipinski definition) is 1. The third-order valence-electron chi connectivity index (χ3n) is 4.31. The van der Waals surface area contributed by atoms with Gasteiger partial charge in [0.25, 0.3) is 5.91 Å². The predicted octanol–water partition coefficient (Wildman–Crippen LogP) is 2.10. The number of carbonyl (C=O) groups is 3. The Bertz CT molecular complexity index is 705. The molecule has 1 aliphatic rings. The molecular weight excluding hydrogens is 353 g/mol. The van der Waals surface area contributed by atoms with Crippen LogP contribution in [0, 0.1) is 5.92 Å². The van der Waals surface area contributed by atoms with Crippen LogP contribution in [0.2, 0.25) is 0 Å². The summed E-state index contributed by atoms with van der Waals surface area (Å²) in [5, 5.41) is 9.05. The van der Waals surface area contributed by atoms with Gasteiger partial charge in [-0.05, 0) is 25.0 Å². The Morgan fingerprint density at radius 2 is 1.92 bits per heavy atom. The molecule has 0 bridgehead atoms. The van der Waals surface area contributed by atoms with E-state index in [9.17, 15) is 27.6 Å². The first-order valence-corrected chi connectivity index (χ1v) is 8.03. The largest absolute Gasteiger partial charge is 0.481 e. The van der Waals surface area contributed by atoms with Gasteiger partial charge in [0.05, 0.1) is 23.6 Å². The second-order valence-electron chi connectivity index (χ2n) is 6.22. The average Bonchev–Trinajstić information content (AvgIpc) is 2.60. The van der Waals surface area contributed by atoms with Gasteiger partial charge in [-0.1, -0.05) is 12.1 Å². The zero-order valence-corrected chi connectivity index (χ0v) is 14.1. The van der Waals surface area contributed by atoms with Gasteiger partial charge in [-0.15, -0.1) is 0 Å². The Hall–Kier alpha value is -2.58. The molecule has 2 rings (SSSR count). The number of benzene rings is 1. The molecule has 1 N–H and O–H groups in total. The molecular formula is C17H19F3N2O4. The molecule has 0 aromatic heterocycles. The van der Waals surface area contributed by atoms with Gasteiger partial charge in [-0.2, -0.15) is 13.2 Å². The lowest BCUT2D eigenvalue weighted by Crippen LogP contribution is -2.47. The first-order chi connectivity index (χ1) is 12.1. The second-order valence-corrected chi connectivity index (χ2v) is 6.22. The van der Waals surface area contributed by atoms with Crippen molar-refractivity contribution in [3.05, 3.63) is 35.4 Å². The minimum Gasteiger partial charge on any atom is -0.481 e. The number of halogens is 3. The molecule has 0 saturated carbocycles. The van der Waals surface area contributed by atoms with Gasteiger partial charge >= 0.3 is 12.1 Å². The van der Waals surface area contributed by atoms with E-state index in [1.807, 2.05) is 0 Å². The maximum Gasteiger partial charge on any atom is 0.417 e. The van der Waals surface area contributed by atoms with E-state index in [0.717, 1.165) is 17.0 Å². The normalized spacial score (nSPS) is 17.7. The van der Waals surface area contributed by atoms with Gasteiger partial charge in [-0.25, -0.2) is 0 Å². The van der Waals surface area contributed by atoms with Gasteiger partial charge < -0.3 is 14.9 Å². The van der Waals surface area contributed by atoms with Gasteiger partial charge in [-0.3, -0.25) is 14.4 Å². The summed E-state index contributed by atoms with van der Waals surface area (Å²) in [5.74, 6) is -3.07. The molecule has 6 nitrogen and oxygen atoms in total. The van der Waals surface area contributed by atoms with Crippen molar-refractivity contribution in [2.45, 2.75) is 19.0 Å². The van der Waals surface area contributed by atoms with E-state index in [4.69, 9.17) is 5.11 Å². The predicted molar refractivity (Wildman–Crippen MR) is 85.3 cm³/mol. The number of amides is 2. The zero-order valence-electron chi connectivity index (χ0n) is 14.1. The van der Waals surface area contributed by atoms with Crippen LogP contribution >= 0.6 is 0 Å². The van der Waals surface area contributed by atoms with Crippen LogP contribution in [0.5, 0.6) is 0 Å². The van der Waals surface area contributed by atoms with Crippen molar-refractivity contribution in [3.8, 4) is 0 Å². The first-order valence-electron chi connectivity index (χ1n) is 8.03. The topological polar surface area (TPSA) is 77.9 Å². The molecule has 9 heteroatoms. The minimum atomic E-state index is -4.68. The number of rotatable bonds is 4. The lowest BCUT2D eigenvalue weighted by Gasteiger charge is -2.32. The highest BCUT2D eigenvalue weighted by Crippen LogP contribution is 2.32. The third-order valence-corrected chi connectivity index (χ3v) is 4.31. The highest BCUT2D eigenvalue weighted by atomic mass is 19.4. The molecule has 2 amide bonds. The average molecular weight is 372 g/mol. The molecule has 1 atom stereocenters.